The van der Waals surface area contributed by atoms with E-state index in [0.29, 0.717) is 26.3 Å². The molecule has 2 aliphatic heterocycles. The molecule has 2 unspecified atom stereocenters. The Morgan fingerprint density at radius 2 is 1.25 bits per heavy atom. The average Bonchev–Trinajstić information content (AvgIpc) is 3.42. The lowest BCUT2D eigenvalue weighted by Crippen LogP contribution is -2.41. The lowest BCUT2D eigenvalue weighted by molar-refractivity contribution is 0.0432. The quantitative estimate of drug-likeness (QED) is 0.768. The number of rotatable bonds is 6. The number of nitrogens with zero attached hydrogens (tertiary/aromatic N) is 4. The molecule has 28 heavy (non-hydrogen) atoms. The van der Waals surface area contributed by atoms with Crippen LogP contribution in [-0.4, -0.2) is 64.2 Å². The van der Waals surface area contributed by atoms with Crippen molar-refractivity contribution >= 4 is 6.03 Å². The van der Waals surface area contributed by atoms with Crippen molar-refractivity contribution in [3.8, 4) is 0 Å². The molecule has 2 amide bonds. The van der Waals surface area contributed by atoms with Crippen molar-refractivity contribution in [2.24, 2.45) is 0 Å². The lowest BCUT2D eigenvalue weighted by atomic mass is 10.3. The molecule has 0 saturated carbocycles. The van der Waals surface area contributed by atoms with E-state index in [1.54, 1.807) is 24.8 Å². The molecule has 0 radical (unpaired) electrons. The van der Waals surface area contributed by atoms with Gasteiger partial charge in [0.25, 0.3) is 0 Å². The molecule has 4 rings (SSSR count). The summed E-state index contributed by atoms with van der Waals surface area (Å²) in [6, 6.07) is 7.91. The minimum Gasteiger partial charge on any atom is -0.372 e. The molecule has 0 aromatic carbocycles. The van der Waals surface area contributed by atoms with Crippen LogP contribution < -0.4 is 0 Å². The third-order valence-electron chi connectivity index (χ3n) is 5.30. The van der Waals surface area contributed by atoms with E-state index in [4.69, 9.17) is 9.47 Å². The second kappa shape index (κ2) is 9.12. The maximum atomic E-state index is 12.8. The third-order valence-corrected chi connectivity index (χ3v) is 5.30. The predicted molar refractivity (Wildman–Crippen MR) is 103 cm³/mol. The van der Waals surface area contributed by atoms with Crippen molar-refractivity contribution in [2.45, 2.75) is 38.3 Å². The first-order valence-corrected chi connectivity index (χ1v) is 9.83. The number of ether oxygens (including phenoxy) is 2. The summed E-state index contributed by atoms with van der Waals surface area (Å²) in [5.41, 5.74) is 2.21. The number of carbonyl (C=O) groups excluding carboxylic acids is 1. The van der Waals surface area contributed by atoms with E-state index < -0.39 is 0 Å². The van der Waals surface area contributed by atoms with E-state index in [2.05, 4.69) is 9.97 Å². The molecule has 2 aromatic heterocycles. The highest BCUT2D eigenvalue weighted by Gasteiger charge is 2.33. The molecule has 0 spiro atoms. The van der Waals surface area contributed by atoms with Crippen LogP contribution in [0.1, 0.15) is 24.0 Å². The standard InChI is InChI=1S/C21H26N4O3/c26-21(24-11-5-19(13-24)27-15-17-1-7-22-8-2-17)25-12-6-20(14-25)28-16-18-3-9-23-10-4-18/h1-4,7-10,19-20H,5-6,11-16H2. The van der Waals surface area contributed by atoms with Crippen LogP contribution in [0.25, 0.3) is 0 Å². The zero-order valence-electron chi connectivity index (χ0n) is 15.9. The fourth-order valence-electron chi connectivity index (χ4n) is 3.66. The first-order valence-electron chi connectivity index (χ1n) is 9.83. The molecule has 2 atom stereocenters. The van der Waals surface area contributed by atoms with Gasteiger partial charge in [0.05, 0.1) is 25.4 Å². The number of likely N-dealkylation sites (tertiary alicyclic amines) is 2. The number of carbonyl (C=O) groups is 1. The Morgan fingerprint density at radius 1 is 0.821 bits per heavy atom. The van der Waals surface area contributed by atoms with Gasteiger partial charge in [-0.25, -0.2) is 4.79 Å². The molecule has 148 valence electrons. The molecule has 2 saturated heterocycles. The van der Waals surface area contributed by atoms with Crippen molar-refractivity contribution in [3.05, 3.63) is 60.2 Å². The topological polar surface area (TPSA) is 67.8 Å². The lowest BCUT2D eigenvalue weighted by Gasteiger charge is -2.24. The van der Waals surface area contributed by atoms with E-state index in [1.807, 2.05) is 34.1 Å². The Balaban J connectivity index is 1.20. The largest absolute Gasteiger partial charge is 0.372 e. The van der Waals surface area contributed by atoms with Crippen molar-refractivity contribution in [2.75, 3.05) is 26.2 Å². The van der Waals surface area contributed by atoms with Crippen LogP contribution in [0.3, 0.4) is 0 Å². The molecule has 0 bridgehead atoms. The van der Waals surface area contributed by atoms with Crippen LogP contribution in [0, 0.1) is 0 Å². The number of pyridine rings is 2. The summed E-state index contributed by atoms with van der Waals surface area (Å²) in [5, 5.41) is 0. The van der Waals surface area contributed by atoms with Gasteiger partial charge in [-0.15, -0.1) is 0 Å². The average molecular weight is 382 g/mol. The second-order valence-electron chi connectivity index (χ2n) is 7.33. The highest BCUT2D eigenvalue weighted by Crippen LogP contribution is 2.20. The van der Waals surface area contributed by atoms with Gasteiger partial charge in [-0.1, -0.05) is 0 Å². The van der Waals surface area contributed by atoms with E-state index in [9.17, 15) is 4.79 Å². The third kappa shape index (κ3) is 4.85. The summed E-state index contributed by atoms with van der Waals surface area (Å²) in [7, 11) is 0. The normalized spacial score (nSPS) is 22.0. The Bertz CT molecular complexity index is 695. The van der Waals surface area contributed by atoms with Crippen LogP contribution >= 0.6 is 0 Å². The molecule has 2 aromatic rings. The van der Waals surface area contributed by atoms with Gasteiger partial charge >= 0.3 is 6.03 Å². The Labute approximate surface area is 165 Å². The first kappa shape index (κ1) is 18.8. The van der Waals surface area contributed by atoms with Crippen molar-refractivity contribution in [1.82, 2.24) is 19.8 Å². The van der Waals surface area contributed by atoms with Crippen molar-refractivity contribution < 1.29 is 14.3 Å². The maximum Gasteiger partial charge on any atom is 0.320 e. The zero-order chi connectivity index (χ0) is 19.2. The van der Waals surface area contributed by atoms with Crippen molar-refractivity contribution in [1.29, 1.82) is 0 Å². The van der Waals surface area contributed by atoms with Gasteiger partial charge in [-0.05, 0) is 48.2 Å². The van der Waals surface area contributed by atoms with Gasteiger partial charge in [0.15, 0.2) is 0 Å². The molecule has 0 N–H and O–H groups in total. The molecule has 2 aliphatic rings. The van der Waals surface area contributed by atoms with Gasteiger partial charge in [-0.3, -0.25) is 9.97 Å². The molecule has 4 heterocycles. The Hall–Kier alpha value is -2.51. The van der Waals surface area contributed by atoms with E-state index in [0.717, 1.165) is 37.1 Å². The Morgan fingerprint density at radius 3 is 1.68 bits per heavy atom. The highest BCUT2D eigenvalue weighted by atomic mass is 16.5. The van der Waals surface area contributed by atoms with Crippen LogP contribution in [0.5, 0.6) is 0 Å². The monoisotopic (exact) mass is 382 g/mol. The van der Waals surface area contributed by atoms with E-state index in [-0.39, 0.29) is 18.2 Å². The van der Waals surface area contributed by atoms with Gasteiger partial charge in [-0.2, -0.15) is 0 Å². The number of amides is 2. The summed E-state index contributed by atoms with van der Waals surface area (Å²) in [5.74, 6) is 0. The molecular formula is C21H26N4O3. The molecule has 0 aliphatic carbocycles. The number of hydrogen-bond donors (Lipinski definition) is 0. The second-order valence-corrected chi connectivity index (χ2v) is 7.33. The van der Waals surface area contributed by atoms with E-state index >= 15 is 0 Å². The maximum absolute atomic E-state index is 12.8. The fourth-order valence-corrected chi connectivity index (χ4v) is 3.66. The predicted octanol–water partition coefficient (Wildman–Crippen LogP) is 2.48. The number of urea groups is 1. The number of aromatic nitrogens is 2. The summed E-state index contributed by atoms with van der Waals surface area (Å²) in [4.78, 5) is 24.6. The van der Waals surface area contributed by atoms with Crippen LogP contribution in [0.2, 0.25) is 0 Å². The molecule has 2 fully saturated rings. The van der Waals surface area contributed by atoms with Crippen molar-refractivity contribution in [3.63, 3.8) is 0 Å². The minimum absolute atomic E-state index is 0.0958. The fraction of sp³-hybridized carbons (Fsp3) is 0.476. The molecule has 7 nitrogen and oxygen atoms in total. The SMILES string of the molecule is O=C(N1CCC(OCc2ccncc2)C1)N1CCC(OCc2ccncc2)C1. The summed E-state index contributed by atoms with van der Waals surface area (Å²) in [6.07, 6.45) is 9.03. The zero-order valence-corrected chi connectivity index (χ0v) is 15.9. The minimum atomic E-state index is 0.0958. The molecular weight excluding hydrogens is 356 g/mol. The van der Waals surface area contributed by atoms with Crippen LogP contribution in [0.15, 0.2) is 49.1 Å². The summed E-state index contributed by atoms with van der Waals surface area (Å²) in [6.45, 7) is 3.93. The van der Waals surface area contributed by atoms with Gasteiger partial charge in [0.1, 0.15) is 0 Å². The highest BCUT2D eigenvalue weighted by molar-refractivity contribution is 5.75. The van der Waals surface area contributed by atoms with Crippen LogP contribution in [0.4, 0.5) is 4.79 Å². The Kier molecular flexibility index (Phi) is 6.14. The smallest absolute Gasteiger partial charge is 0.320 e. The van der Waals surface area contributed by atoms with Gasteiger partial charge < -0.3 is 19.3 Å². The molecule has 7 heteroatoms. The first-order chi connectivity index (χ1) is 13.8. The van der Waals surface area contributed by atoms with E-state index in [1.165, 1.54) is 0 Å². The summed E-state index contributed by atoms with van der Waals surface area (Å²) >= 11 is 0. The van der Waals surface area contributed by atoms with Gasteiger partial charge in [0, 0.05) is 51.0 Å². The number of hydrogen-bond acceptors (Lipinski definition) is 5. The summed E-state index contributed by atoms with van der Waals surface area (Å²) < 4.78 is 11.9. The van der Waals surface area contributed by atoms with Gasteiger partial charge in [0.2, 0.25) is 0 Å². The van der Waals surface area contributed by atoms with Crippen LogP contribution in [-0.2, 0) is 22.7 Å².